The van der Waals surface area contributed by atoms with Crippen LogP contribution in [-0.2, 0) is 6.18 Å². The molecule has 0 saturated carbocycles. The highest BCUT2D eigenvalue weighted by atomic mass is 32.2. The maximum Gasteiger partial charge on any atom is 0.416 e. The standard InChI is InChI=1S/C24H25F4N7OS/c1-13(29)20-21(30)32-22(33-23(20)36-18-8-10-35(2)12-17(18)25)14-3-5-16(6-4-14)34-37-19-11-15(7-9-31-19)24(26,27)28/h3-7,9,11,17-18,29,34H,8,10,12H2,1-2H3,(H2,30,32,33). The Morgan fingerprint density at radius 2 is 1.95 bits per heavy atom. The Hall–Kier alpha value is -3.45. The molecule has 0 bridgehead atoms. The highest BCUT2D eigenvalue weighted by Gasteiger charge is 2.32. The van der Waals surface area contributed by atoms with Gasteiger partial charge in [-0.2, -0.15) is 18.2 Å². The highest BCUT2D eigenvalue weighted by molar-refractivity contribution is 8.00. The minimum Gasteiger partial charge on any atom is -0.471 e. The van der Waals surface area contributed by atoms with E-state index in [9.17, 15) is 17.6 Å². The molecule has 0 spiro atoms. The van der Waals surface area contributed by atoms with Crippen molar-refractivity contribution in [3.8, 4) is 17.3 Å². The lowest BCUT2D eigenvalue weighted by atomic mass is 10.1. The zero-order valence-electron chi connectivity index (χ0n) is 20.0. The zero-order chi connectivity index (χ0) is 26.7. The van der Waals surface area contributed by atoms with Crippen LogP contribution in [0, 0.1) is 5.41 Å². The zero-order valence-corrected chi connectivity index (χ0v) is 20.8. The summed E-state index contributed by atoms with van der Waals surface area (Å²) >= 11 is 0.940. The van der Waals surface area contributed by atoms with E-state index in [0.717, 1.165) is 30.3 Å². The van der Waals surface area contributed by atoms with Crippen LogP contribution in [0.4, 0.5) is 29.1 Å². The van der Waals surface area contributed by atoms with E-state index in [1.807, 2.05) is 11.9 Å². The number of benzene rings is 1. The Labute approximate surface area is 215 Å². The van der Waals surface area contributed by atoms with Gasteiger partial charge in [-0.05, 0) is 56.8 Å². The summed E-state index contributed by atoms with van der Waals surface area (Å²) in [4.78, 5) is 14.6. The molecule has 0 amide bonds. The molecule has 1 aliphatic rings. The van der Waals surface area contributed by atoms with E-state index in [1.165, 1.54) is 6.92 Å². The molecule has 196 valence electrons. The third kappa shape index (κ3) is 6.46. The molecule has 4 rings (SSSR count). The highest BCUT2D eigenvalue weighted by Crippen LogP contribution is 2.32. The predicted octanol–water partition coefficient (Wildman–Crippen LogP) is 5.07. The van der Waals surface area contributed by atoms with Crippen LogP contribution in [0.5, 0.6) is 5.88 Å². The number of nitrogens with one attached hydrogen (secondary N) is 2. The molecular formula is C24H25F4N7OS. The van der Waals surface area contributed by atoms with Gasteiger partial charge in [-0.1, -0.05) is 0 Å². The molecule has 1 fully saturated rings. The van der Waals surface area contributed by atoms with Crippen LogP contribution in [-0.4, -0.2) is 58.0 Å². The van der Waals surface area contributed by atoms with Crippen molar-refractivity contribution in [2.45, 2.75) is 36.8 Å². The topological polar surface area (TPSA) is 113 Å². The Morgan fingerprint density at radius 1 is 1.22 bits per heavy atom. The molecule has 3 aromatic rings. The largest absolute Gasteiger partial charge is 0.471 e. The van der Waals surface area contributed by atoms with Gasteiger partial charge in [0, 0.05) is 48.2 Å². The third-order valence-corrected chi connectivity index (χ3v) is 6.48. The quantitative estimate of drug-likeness (QED) is 0.218. The minimum absolute atomic E-state index is 0.0456. The van der Waals surface area contributed by atoms with E-state index in [0.29, 0.717) is 24.2 Å². The molecule has 8 nitrogen and oxygen atoms in total. The van der Waals surface area contributed by atoms with Crippen molar-refractivity contribution in [1.29, 1.82) is 5.41 Å². The first-order chi connectivity index (χ1) is 17.5. The molecule has 2 atom stereocenters. The second kappa shape index (κ2) is 10.9. The number of likely N-dealkylation sites (tertiary alicyclic amines) is 1. The second-order valence-corrected chi connectivity index (χ2v) is 9.45. The lowest BCUT2D eigenvalue weighted by Crippen LogP contribution is -2.45. The Balaban J connectivity index is 1.52. The van der Waals surface area contributed by atoms with E-state index in [-0.39, 0.29) is 40.4 Å². The summed E-state index contributed by atoms with van der Waals surface area (Å²) in [7, 11) is 1.84. The molecule has 1 aromatic carbocycles. The molecule has 3 heterocycles. The summed E-state index contributed by atoms with van der Waals surface area (Å²) in [6, 6.07) is 8.66. The number of aromatic nitrogens is 3. The predicted molar refractivity (Wildman–Crippen MR) is 135 cm³/mol. The maximum atomic E-state index is 14.6. The normalized spacial score (nSPS) is 18.4. The summed E-state index contributed by atoms with van der Waals surface area (Å²) < 4.78 is 62.2. The lowest BCUT2D eigenvalue weighted by molar-refractivity contribution is -0.137. The van der Waals surface area contributed by atoms with Crippen LogP contribution in [0.3, 0.4) is 0 Å². The van der Waals surface area contributed by atoms with Gasteiger partial charge in [0.05, 0.1) is 11.1 Å². The number of halogens is 4. The van der Waals surface area contributed by atoms with E-state index >= 15 is 0 Å². The number of alkyl halides is 4. The van der Waals surface area contributed by atoms with E-state index in [4.69, 9.17) is 15.9 Å². The summed E-state index contributed by atoms with van der Waals surface area (Å²) in [5, 5.41) is 8.23. The fourth-order valence-corrected chi connectivity index (χ4v) is 4.43. The number of anilines is 2. The van der Waals surface area contributed by atoms with Gasteiger partial charge >= 0.3 is 6.18 Å². The first kappa shape index (κ1) is 26.6. The number of nitrogens with zero attached hydrogens (tertiary/aromatic N) is 4. The van der Waals surface area contributed by atoms with Gasteiger partial charge in [0.25, 0.3) is 0 Å². The van der Waals surface area contributed by atoms with Gasteiger partial charge in [-0.25, -0.2) is 14.4 Å². The van der Waals surface area contributed by atoms with E-state index in [1.54, 1.807) is 24.3 Å². The molecule has 13 heteroatoms. The number of hydrogen-bond acceptors (Lipinski definition) is 9. The number of ether oxygens (including phenoxy) is 1. The van der Waals surface area contributed by atoms with Gasteiger partial charge in [-0.3, -0.25) is 0 Å². The Morgan fingerprint density at radius 3 is 2.59 bits per heavy atom. The SMILES string of the molecule is CC(=N)c1c(N)nc(-c2ccc(NSc3cc(C(F)(F)F)ccn3)cc2)nc1OC1CCN(C)CC1F. The monoisotopic (exact) mass is 535 g/mol. The number of hydrogen-bond donors (Lipinski definition) is 3. The first-order valence-corrected chi connectivity index (χ1v) is 12.1. The lowest BCUT2D eigenvalue weighted by Gasteiger charge is -2.32. The fraction of sp³-hybridized carbons (Fsp3) is 0.333. The van der Waals surface area contributed by atoms with Crippen molar-refractivity contribution >= 4 is 29.2 Å². The van der Waals surface area contributed by atoms with Gasteiger partial charge in [0.1, 0.15) is 23.1 Å². The van der Waals surface area contributed by atoms with Crippen molar-refractivity contribution in [3.63, 3.8) is 0 Å². The smallest absolute Gasteiger partial charge is 0.416 e. The fourth-order valence-electron chi connectivity index (χ4n) is 3.77. The minimum atomic E-state index is -4.45. The molecular weight excluding hydrogens is 510 g/mol. The summed E-state index contributed by atoms with van der Waals surface area (Å²) in [6.45, 7) is 2.43. The molecule has 2 unspecified atom stereocenters. The first-order valence-electron chi connectivity index (χ1n) is 11.3. The summed E-state index contributed by atoms with van der Waals surface area (Å²) in [5.41, 5.74) is 6.86. The number of nitrogens with two attached hydrogens (primary N) is 1. The van der Waals surface area contributed by atoms with E-state index < -0.39 is 24.0 Å². The second-order valence-electron chi connectivity index (χ2n) is 8.62. The maximum absolute atomic E-state index is 14.6. The van der Waals surface area contributed by atoms with Crippen molar-refractivity contribution in [1.82, 2.24) is 19.9 Å². The van der Waals surface area contributed by atoms with Crippen molar-refractivity contribution in [2.24, 2.45) is 0 Å². The van der Waals surface area contributed by atoms with Gasteiger partial charge in [0.2, 0.25) is 5.88 Å². The van der Waals surface area contributed by atoms with Crippen LogP contribution in [0.1, 0.15) is 24.5 Å². The van der Waals surface area contributed by atoms with Crippen molar-refractivity contribution in [2.75, 3.05) is 30.6 Å². The molecule has 0 radical (unpaired) electrons. The van der Waals surface area contributed by atoms with Gasteiger partial charge in [0.15, 0.2) is 5.82 Å². The van der Waals surface area contributed by atoms with Crippen molar-refractivity contribution in [3.05, 3.63) is 53.7 Å². The van der Waals surface area contributed by atoms with Crippen LogP contribution < -0.4 is 15.2 Å². The molecule has 0 aliphatic carbocycles. The van der Waals surface area contributed by atoms with Gasteiger partial charge < -0.3 is 25.5 Å². The molecule has 1 aliphatic heterocycles. The third-order valence-electron chi connectivity index (χ3n) is 5.71. The summed E-state index contributed by atoms with van der Waals surface area (Å²) in [6.07, 6.45) is -4.81. The van der Waals surface area contributed by atoms with Crippen molar-refractivity contribution < 1.29 is 22.3 Å². The average molecular weight is 536 g/mol. The molecule has 2 aromatic heterocycles. The van der Waals surface area contributed by atoms with Crippen LogP contribution in [0.2, 0.25) is 0 Å². The van der Waals surface area contributed by atoms with Gasteiger partial charge in [-0.15, -0.1) is 0 Å². The average Bonchev–Trinajstić information content (AvgIpc) is 2.84. The number of piperidine rings is 1. The number of nitrogen functional groups attached to an aromatic ring is 1. The Bertz CT molecular complexity index is 1270. The van der Waals surface area contributed by atoms with Crippen LogP contribution in [0.15, 0.2) is 47.6 Å². The number of pyridine rings is 1. The van der Waals surface area contributed by atoms with Crippen LogP contribution >= 0.6 is 11.9 Å². The number of rotatable bonds is 7. The summed E-state index contributed by atoms with van der Waals surface area (Å²) in [5.74, 6) is 0.337. The molecule has 4 N–H and O–H groups in total. The molecule has 37 heavy (non-hydrogen) atoms. The Kier molecular flexibility index (Phi) is 7.83. The molecule has 1 saturated heterocycles. The van der Waals surface area contributed by atoms with Crippen LogP contribution in [0.25, 0.3) is 11.4 Å². The van der Waals surface area contributed by atoms with E-state index in [2.05, 4.69) is 19.7 Å².